The van der Waals surface area contributed by atoms with Crippen LogP contribution >= 0.6 is 11.6 Å². The molecule has 4 aromatic rings. The summed E-state index contributed by atoms with van der Waals surface area (Å²) in [7, 11) is 0. The first kappa shape index (κ1) is 28.0. The molecule has 0 aliphatic heterocycles. The first-order chi connectivity index (χ1) is 18.6. The summed E-state index contributed by atoms with van der Waals surface area (Å²) < 4.78 is 0. The highest BCUT2D eigenvalue weighted by atomic mass is 35.5. The van der Waals surface area contributed by atoms with Crippen LogP contribution < -0.4 is 0 Å². The molecule has 0 saturated heterocycles. The summed E-state index contributed by atoms with van der Waals surface area (Å²) in [5.41, 5.74) is 0.747. The van der Waals surface area contributed by atoms with Gasteiger partial charge in [-0.15, -0.1) is 0 Å². The highest BCUT2D eigenvalue weighted by molar-refractivity contribution is 6.30. The Hall–Kier alpha value is -4.02. The zero-order valence-corrected chi connectivity index (χ0v) is 23.1. The van der Waals surface area contributed by atoms with Crippen LogP contribution in [0.2, 0.25) is 5.02 Å². The van der Waals surface area contributed by atoms with Crippen LogP contribution in [0.3, 0.4) is 0 Å². The minimum atomic E-state index is -1.72. The maximum Gasteiger partial charge on any atom is 0.332 e. The Morgan fingerprint density at radius 3 is 1.56 bits per heavy atom. The lowest BCUT2D eigenvalue weighted by molar-refractivity contribution is -0.149. The highest BCUT2D eigenvalue weighted by Crippen LogP contribution is 2.48. The van der Waals surface area contributed by atoms with Crippen molar-refractivity contribution in [3.05, 3.63) is 143 Å². The molecule has 0 radical (unpaired) electrons. The summed E-state index contributed by atoms with van der Waals surface area (Å²) >= 11 is 6.22. The number of rotatable bonds is 9. The van der Waals surface area contributed by atoms with Crippen LogP contribution in [0.15, 0.2) is 120 Å². The largest absolute Gasteiger partial charge is 0.479 e. The van der Waals surface area contributed by atoms with Gasteiger partial charge in [0.2, 0.25) is 0 Å². The predicted molar refractivity (Wildman–Crippen MR) is 158 cm³/mol. The molecule has 0 aliphatic rings. The summed E-state index contributed by atoms with van der Waals surface area (Å²) in [5.74, 6) is -2.04. The molecule has 0 aliphatic carbocycles. The van der Waals surface area contributed by atoms with Gasteiger partial charge in [-0.25, -0.2) is 4.79 Å². The van der Waals surface area contributed by atoms with Crippen molar-refractivity contribution < 1.29 is 14.7 Å². The molecular formula is C34H32ClNO3. The number of carbonyl (C=O) groups is 2. The van der Waals surface area contributed by atoms with Crippen molar-refractivity contribution in [2.24, 2.45) is 10.4 Å². The lowest BCUT2D eigenvalue weighted by atomic mass is 9.62. The van der Waals surface area contributed by atoms with E-state index in [0.29, 0.717) is 21.9 Å². The number of ketones is 1. The third kappa shape index (κ3) is 6.02. The third-order valence-electron chi connectivity index (χ3n) is 7.11. The second-order valence-electron chi connectivity index (χ2n) is 10.6. The molecule has 5 heteroatoms. The molecule has 4 nitrogen and oxygen atoms in total. The van der Waals surface area contributed by atoms with Crippen LogP contribution in [0.1, 0.15) is 60.2 Å². The van der Waals surface area contributed by atoms with E-state index in [1.165, 1.54) is 0 Å². The number of carboxylic acids is 1. The second-order valence-corrected chi connectivity index (χ2v) is 11.0. The van der Waals surface area contributed by atoms with Crippen molar-refractivity contribution >= 4 is 29.1 Å². The molecule has 0 saturated carbocycles. The van der Waals surface area contributed by atoms with Gasteiger partial charge in [-0.1, -0.05) is 136 Å². The van der Waals surface area contributed by atoms with Crippen molar-refractivity contribution in [3.63, 3.8) is 0 Å². The van der Waals surface area contributed by atoms with Crippen molar-refractivity contribution in [2.75, 3.05) is 0 Å². The Morgan fingerprint density at radius 1 is 0.718 bits per heavy atom. The van der Waals surface area contributed by atoms with E-state index >= 15 is 0 Å². The number of carboxylic acid groups (broad SMARTS) is 1. The van der Waals surface area contributed by atoms with E-state index in [0.717, 1.165) is 11.1 Å². The van der Waals surface area contributed by atoms with Crippen LogP contribution in [0.4, 0.5) is 0 Å². The minimum absolute atomic E-state index is 0.0461. The monoisotopic (exact) mass is 537 g/mol. The van der Waals surface area contributed by atoms with Crippen LogP contribution in [-0.4, -0.2) is 28.1 Å². The number of carbonyl (C=O) groups excluding carboxylic acids is 1. The molecule has 0 aromatic heterocycles. The zero-order chi connectivity index (χ0) is 28.0. The molecular weight excluding hydrogens is 506 g/mol. The van der Waals surface area contributed by atoms with Gasteiger partial charge in [0.1, 0.15) is 0 Å². The zero-order valence-electron chi connectivity index (χ0n) is 22.3. The highest BCUT2D eigenvalue weighted by Gasteiger charge is 2.56. The van der Waals surface area contributed by atoms with Gasteiger partial charge in [0, 0.05) is 34.1 Å². The van der Waals surface area contributed by atoms with Gasteiger partial charge >= 0.3 is 5.97 Å². The van der Waals surface area contributed by atoms with E-state index in [4.69, 9.17) is 16.6 Å². The standard InChI is InChI=1S/C34H32ClNO3/c1-33(2,3)34(32(38)39,36-31(26-15-9-5-10-16-26)27-17-11-6-12-18-27)29(24-19-21-28(35)22-20-24)23-30(37)25-13-7-4-8-14-25/h4-22,29H,23H2,1-3H3,(H,38,39)/t29-,34-/m0/s1. The Morgan fingerprint density at radius 2 is 1.15 bits per heavy atom. The number of hydrogen-bond acceptors (Lipinski definition) is 3. The number of hydrogen-bond donors (Lipinski definition) is 1. The Kier molecular flexibility index (Phi) is 8.47. The van der Waals surface area contributed by atoms with E-state index < -0.39 is 22.8 Å². The fraction of sp³-hybridized carbons (Fsp3) is 0.206. The number of Topliss-reactive ketones (excluding diaryl/α,β-unsaturated/α-hetero) is 1. The Balaban J connectivity index is 2.03. The van der Waals surface area contributed by atoms with Crippen molar-refractivity contribution in [1.29, 1.82) is 0 Å². The number of halogens is 1. The lowest BCUT2D eigenvalue weighted by Gasteiger charge is -2.44. The molecule has 2 atom stereocenters. The smallest absolute Gasteiger partial charge is 0.332 e. The third-order valence-corrected chi connectivity index (χ3v) is 7.37. The van der Waals surface area contributed by atoms with Gasteiger partial charge in [0.25, 0.3) is 0 Å². The second kappa shape index (κ2) is 11.8. The van der Waals surface area contributed by atoms with Gasteiger partial charge in [-0.05, 0) is 23.1 Å². The van der Waals surface area contributed by atoms with E-state index in [-0.39, 0.29) is 12.2 Å². The van der Waals surface area contributed by atoms with Crippen molar-refractivity contribution in [2.45, 2.75) is 38.6 Å². The quantitative estimate of drug-likeness (QED) is 0.173. The normalized spacial score (nSPS) is 13.6. The Bertz CT molecular complexity index is 1400. The van der Waals surface area contributed by atoms with Gasteiger partial charge in [-0.2, -0.15) is 0 Å². The maximum absolute atomic E-state index is 13.6. The first-order valence-electron chi connectivity index (χ1n) is 12.9. The topological polar surface area (TPSA) is 66.7 Å². The van der Waals surface area contributed by atoms with Gasteiger partial charge in [-0.3, -0.25) is 9.79 Å². The lowest BCUT2D eigenvalue weighted by Crippen LogP contribution is -2.54. The number of aliphatic imine (C=N–C) groups is 1. The molecule has 39 heavy (non-hydrogen) atoms. The number of aliphatic carboxylic acids is 1. The molecule has 1 N–H and O–H groups in total. The predicted octanol–water partition coefficient (Wildman–Crippen LogP) is 8.10. The molecule has 0 amide bonds. The summed E-state index contributed by atoms with van der Waals surface area (Å²) in [5, 5.41) is 11.7. The fourth-order valence-corrected chi connectivity index (χ4v) is 5.21. The molecule has 0 heterocycles. The van der Waals surface area contributed by atoms with Crippen molar-refractivity contribution in [1.82, 2.24) is 0 Å². The molecule has 0 unspecified atom stereocenters. The molecule has 0 bridgehead atoms. The molecule has 4 aromatic carbocycles. The molecule has 4 rings (SSSR count). The SMILES string of the molecule is CC(C)(C)[C@@](N=C(c1ccccc1)c1ccccc1)(C(=O)O)[C@@H](CC(=O)c1ccccc1)c1ccc(Cl)cc1. The molecule has 0 spiro atoms. The number of benzene rings is 4. The summed E-state index contributed by atoms with van der Waals surface area (Å²) in [6.07, 6.45) is -0.0461. The van der Waals surface area contributed by atoms with Crippen LogP contribution in [-0.2, 0) is 4.79 Å². The Labute approximate surface area is 235 Å². The molecule has 0 fully saturated rings. The van der Waals surface area contributed by atoms with Crippen LogP contribution in [0.5, 0.6) is 0 Å². The minimum Gasteiger partial charge on any atom is -0.479 e. The van der Waals surface area contributed by atoms with E-state index in [9.17, 15) is 14.7 Å². The van der Waals surface area contributed by atoms with Gasteiger partial charge in [0.05, 0.1) is 5.71 Å². The van der Waals surface area contributed by atoms with E-state index in [2.05, 4.69) is 0 Å². The summed E-state index contributed by atoms with van der Waals surface area (Å²) in [6, 6.07) is 35.2. The average Bonchev–Trinajstić information content (AvgIpc) is 2.94. The van der Waals surface area contributed by atoms with Crippen LogP contribution in [0.25, 0.3) is 0 Å². The van der Waals surface area contributed by atoms with E-state index in [1.54, 1.807) is 48.5 Å². The van der Waals surface area contributed by atoms with Gasteiger partial charge < -0.3 is 5.11 Å². The first-order valence-corrected chi connectivity index (χ1v) is 13.3. The van der Waals surface area contributed by atoms with Gasteiger partial charge in [0.15, 0.2) is 11.3 Å². The maximum atomic E-state index is 13.6. The average molecular weight is 538 g/mol. The van der Waals surface area contributed by atoms with Crippen molar-refractivity contribution in [3.8, 4) is 0 Å². The summed E-state index contributed by atoms with van der Waals surface area (Å²) in [4.78, 5) is 32.5. The van der Waals surface area contributed by atoms with E-state index in [1.807, 2.05) is 87.5 Å². The fourth-order valence-electron chi connectivity index (χ4n) is 5.08. The summed E-state index contributed by atoms with van der Waals surface area (Å²) in [6.45, 7) is 5.61. The number of nitrogens with zero attached hydrogens (tertiary/aromatic N) is 1. The van der Waals surface area contributed by atoms with Crippen LogP contribution in [0, 0.1) is 5.41 Å². The molecule has 198 valence electrons.